The minimum absolute atomic E-state index is 0.107. The van der Waals surface area contributed by atoms with Crippen molar-refractivity contribution in [3.8, 4) is 5.75 Å². The second-order valence-electron chi connectivity index (χ2n) is 8.29. The number of hydrogen-bond donors (Lipinski definition) is 1. The first-order valence-electron chi connectivity index (χ1n) is 11.3. The zero-order chi connectivity index (χ0) is 26.4. The molecule has 4 aromatic carbocycles. The van der Waals surface area contributed by atoms with Crippen LogP contribution in [0, 0.1) is 6.92 Å². The van der Waals surface area contributed by atoms with E-state index in [0.29, 0.717) is 27.2 Å². The molecule has 0 atom stereocenters. The fraction of sp³-hybridized carbons (Fsp3) is 0.107. The van der Waals surface area contributed by atoms with E-state index in [0.717, 1.165) is 11.1 Å². The number of benzene rings is 4. The number of hydrogen-bond acceptors (Lipinski definition) is 4. The Balaban J connectivity index is 1.52. The van der Waals surface area contributed by atoms with Crippen molar-refractivity contribution in [2.45, 2.75) is 18.4 Å². The first-order valence-corrected chi connectivity index (χ1v) is 13.5. The van der Waals surface area contributed by atoms with Gasteiger partial charge in [0.05, 0.1) is 17.1 Å². The van der Waals surface area contributed by atoms with Crippen LogP contribution in [0.2, 0.25) is 10.0 Å². The quantitative estimate of drug-likeness (QED) is 0.249. The van der Waals surface area contributed by atoms with Crippen LogP contribution in [-0.4, -0.2) is 20.9 Å². The minimum atomic E-state index is -3.87. The van der Waals surface area contributed by atoms with E-state index in [1.54, 1.807) is 97.1 Å². The Morgan fingerprint density at radius 1 is 0.865 bits per heavy atom. The first kappa shape index (κ1) is 26.5. The summed E-state index contributed by atoms with van der Waals surface area (Å²) in [6, 6.07) is 27.1. The molecular formula is C28H24Cl2N2O4S. The number of nitrogens with zero attached hydrogens (tertiary/aromatic N) is 1. The maximum atomic E-state index is 13.6. The van der Waals surface area contributed by atoms with Gasteiger partial charge >= 0.3 is 0 Å². The van der Waals surface area contributed by atoms with Gasteiger partial charge in [0.25, 0.3) is 15.9 Å². The van der Waals surface area contributed by atoms with Gasteiger partial charge in [0.1, 0.15) is 5.75 Å². The Morgan fingerprint density at radius 3 is 2.19 bits per heavy atom. The molecule has 1 amide bonds. The Labute approximate surface area is 226 Å². The SMILES string of the molecule is Cc1ccc(S(=O)(=O)N(Cc2ccc(Cl)cc2)c2ccc(OCC(=O)Nc3cccc(Cl)c3)cc2)cc1. The molecule has 0 aliphatic heterocycles. The summed E-state index contributed by atoms with van der Waals surface area (Å²) in [7, 11) is -3.87. The van der Waals surface area contributed by atoms with Crippen molar-refractivity contribution in [2.75, 3.05) is 16.2 Å². The molecule has 6 nitrogen and oxygen atoms in total. The van der Waals surface area contributed by atoms with Crippen LogP contribution in [0.15, 0.2) is 102 Å². The number of sulfonamides is 1. The maximum absolute atomic E-state index is 13.6. The van der Waals surface area contributed by atoms with E-state index in [-0.39, 0.29) is 24.0 Å². The summed E-state index contributed by atoms with van der Waals surface area (Å²) in [5, 5.41) is 3.79. The average Bonchev–Trinajstić information content (AvgIpc) is 2.88. The number of carbonyl (C=O) groups excluding carboxylic acids is 1. The van der Waals surface area contributed by atoms with Crippen LogP contribution >= 0.6 is 23.2 Å². The Hall–Kier alpha value is -3.52. The normalized spacial score (nSPS) is 11.1. The molecule has 0 aliphatic rings. The Kier molecular flexibility index (Phi) is 8.38. The van der Waals surface area contributed by atoms with Crippen LogP contribution in [0.5, 0.6) is 5.75 Å². The number of anilines is 2. The molecule has 9 heteroatoms. The summed E-state index contributed by atoms with van der Waals surface area (Å²) in [5.74, 6) is 0.0711. The van der Waals surface area contributed by atoms with Gasteiger partial charge in [-0.1, -0.05) is 59.1 Å². The summed E-state index contributed by atoms with van der Waals surface area (Å²) in [6.45, 7) is 1.79. The van der Waals surface area contributed by atoms with Crippen LogP contribution in [0.4, 0.5) is 11.4 Å². The number of nitrogens with one attached hydrogen (secondary N) is 1. The zero-order valence-electron chi connectivity index (χ0n) is 19.9. The molecule has 0 radical (unpaired) electrons. The molecule has 4 aromatic rings. The predicted molar refractivity (Wildman–Crippen MR) is 148 cm³/mol. The first-order chi connectivity index (χ1) is 17.7. The monoisotopic (exact) mass is 554 g/mol. The third-order valence-corrected chi connectivity index (χ3v) is 7.73. The van der Waals surface area contributed by atoms with Gasteiger partial charge in [0.2, 0.25) is 0 Å². The molecular weight excluding hydrogens is 531 g/mol. The maximum Gasteiger partial charge on any atom is 0.264 e. The van der Waals surface area contributed by atoms with Crippen molar-refractivity contribution in [2.24, 2.45) is 0 Å². The molecule has 0 heterocycles. The van der Waals surface area contributed by atoms with Crippen LogP contribution in [0.3, 0.4) is 0 Å². The molecule has 0 aliphatic carbocycles. The molecule has 0 bridgehead atoms. The van der Waals surface area contributed by atoms with E-state index in [1.165, 1.54) is 4.31 Å². The van der Waals surface area contributed by atoms with Crippen LogP contribution in [-0.2, 0) is 21.4 Å². The van der Waals surface area contributed by atoms with Crippen LogP contribution in [0.1, 0.15) is 11.1 Å². The number of carbonyl (C=O) groups is 1. The van der Waals surface area contributed by atoms with Crippen molar-refractivity contribution in [1.82, 2.24) is 0 Å². The van der Waals surface area contributed by atoms with Crippen molar-refractivity contribution in [3.63, 3.8) is 0 Å². The molecule has 0 fully saturated rings. The van der Waals surface area contributed by atoms with Gasteiger partial charge in [-0.2, -0.15) is 0 Å². The van der Waals surface area contributed by atoms with Gasteiger partial charge in [-0.15, -0.1) is 0 Å². The minimum Gasteiger partial charge on any atom is -0.484 e. The topological polar surface area (TPSA) is 75.7 Å². The van der Waals surface area contributed by atoms with Crippen molar-refractivity contribution in [3.05, 3.63) is 118 Å². The van der Waals surface area contributed by atoms with Gasteiger partial charge in [-0.3, -0.25) is 9.10 Å². The van der Waals surface area contributed by atoms with Crippen molar-refractivity contribution in [1.29, 1.82) is 0 Å². The van der Waals surface area contributed by atoms with Gasteiger partial charge in [-0.05, 0) is 79.2 Å². The third-order valence-electron chi connectivity index (χ3n) is 5.45. The number of ether oxygens (including phenoxy) is 1. The number of amides is 1. The van der Waals surface area contributed by atoms with E-state index in [4.69, 9.17) is 27.9 Å². The smallest absolute Gasteiger partial charge is 0.264 e. The Bertz CT molecular complexity index is 1470. The molecule has 0 saturated carbocycles. The average molecular weight is 555 g/mol. The van der Waals surface area contributed by atoms with E-state index >= 15 is 0 Å². The molecule has 1 N–H and O–H groups in total. The molecule has 0 saturated heterocycles. The van der Waals surface area contributed by atoms with Crippen molar-refractivity contribution >= 4 is 50.5 Å². The fourth-order valence-corrected chi connectivity index (χ4v) is 5.30. The van der Waals surface area contributed by atoms with Gasteiger partial charge in [-0.25, -0.2) is 8.42 Å². The molecule has 0 unspecified atom stereocenters. The third kappa shape index (κ3) is 7.04. The second kappa shape index (κ2) is 11.7. The van der Waals surface area contributed by atoms with Crippen molar-refractivity contribution < 1.29 is 17.9 Å². The fourth-order valence-electron chi connectivity index (χ4n) is 3.53. The highest BCUT2D eigenvalue weighted by molar-refractivity contribution is 7.92. The molecule has 37 heavy (non-hydrogen) atoms. The summed E-state index contributed by atoms with van der Waals surface area (Å²) in [6.07, 6.45) is 0. The lowest BCUT2D eigenvalue weighted by Gasteiger charge is -2.25. The number of rotatable bonds is 9. The molecule has 0 spiro atoms. The summed E-state index contributed by atoms with van der Waals surface area (Å²) >= 11 is 11.9. The van der Waals surface area contributed by atoms with E-state index < -0.39 is 10.0 Å². The van der Waals surface area contributed by atoms with E-state index in [2.05, 4.69) is 5.32 Å². The second-order valence-corrected chi connectivity index (χ2v) is 11.0. The predicted octanol–water partition coefficient (Wildman–Crippen LogP) is 6.71. The number of aryl methyl sites for hydroxylation is 1. The lowest BCUT2D eigenvalue weighted by molar-refractivity contribution is -0.118. The highest BCUT2D eigenvalue weighted by atomic mass is 35.5. The highest BCUT2D eigenvalue weighted by Crippen LogP contribution is 2.28. The van der Waals surface area contributed by atoms with Crippen LogP contribution in [0.25, 0.3) is 0 Å². The van der Waals surface area contributed by atoms with E-state index in [9.17, 15) is 13.2 Å². The lowest BCUT2D eigenvalue weighted by Crippen LogP contribution is -2.30. The molecule has 190 valence electrons. The number of halogens is 2. The molecule has 4 rings (SSSR count). The van der Waals surface area contributed by atoms with Gasteiger partial charge < -0.3 is 10.1 Å². The zero-order valence-corrected chi connectivity index (χ0v) is 22.2. The van der Waals surface area contributed by atoms with E-state index in [1.807, 2.05) is 6.92 Å². The molecule has 0 aromatic heterocycles. The standard InChI is InChI=1S/C28H24Cl2N2O4S/c1-20-5-15-27(16-6-20)37(34,35)32(18-21-7-9-22(29)10-8-21)25-11-13-26(14-12-25)36-19-28(33)31-24-4-2-3-23(30)17-24/h2-17H,18-19H2,1H3,(H,31,33). The highest BCUT2D eigenvalue weighted by Gasteiger charge is 2.25. The largest absolute Gasteiger partial charge is 0.484 e. The van der Waals surface area contributed by atoms with Crippen LogP contribution < -0.4 is 14.4 Å². The van der Waals surface area contributed by atoms with Gasteiger partial charge in [0.15, 0.2) is 6.61 Å². The lowest BCUT2D eigenvalue weighted by atomic mass is 10.2. The van der Waals surface area contributed by atoms with Gasteiger partial charge in [0, 0.05) is 15.7 Å². The Morgan fingerprint density at radius 2 is 1.54 bits per heavy atom. The summed E-state index contributed by atoms with van der Waals surface area (Å²) in [5.41, 5.74) is 2.75. The summed E-state index contributed by atoms with van der Waals surface area (Å²) < 4.78 is 34.2. The summed E-state index contributed by atoms with van der Waals surface area (Å²) in [4.78, 5) is 12.4.